The van der Waals surface area contributed by atoms with E-state index in [1.807, 2.05) is 0 Å². The summed E-state index contributed by atoms with van der Waals surface area (Å²) in [6.45, 7) is 0.390. The second-order valence-electron chi connectivity index (χ2n) is 1.15. The van der Waals surface area contributed by atoms with Gasteiger partial charge in [-0.1, -0.05) is 0 Å². The minimum atomic E-state index is 0. The van der Waals surface area contributed by atoms with Crippen molar-refractivity contribution >= 4 is 75.5 Å². The van der Waals surface area contributed by atoms with Crippen LogP contribution in [0.2, 0.25) is 0 Å². The zero-order valence-electron chi connectivity index (χ0n) is 3.72. The summed E-state index contributed by atoms with van der Waals surface area (Å²) in [4.78, 5) is 0. The molecule has 0 amide bonds. The molecule has 46 valence electrons. The second kappa shape index (κ2) is 16.2. The van der Waals surface area contributed by atoms with Gasteiger partial charge in [-0.15, -0.1) is 0 Å². The quantitative estimate of drug-likeness (QED) is 0.381. The van der Waals surface area contributed by atoms with Gasteiger partial charge in [-0.2, -0.15) is 0 Å². The molecule has 0 aliphatic rings. The van der Waals surface area contributed by atoms with Crippen molar-refractivity contribution in [1.29, 1.82) is 0 Å². The van der Waals surface area contributed by atoms with Gasteiger partial charge >= 0.3 is 75.5 Å². The van der Waals surface area contributed by atoms with Crippen LogP contribution in [0.25, 0.3) is 0 Å². The van der Waals surface area contributed by atoms with Crippen LogP contribution in [-0.4, -0.2) is 98.9 Å². The average molecular weight is 174 g/mol. The first-order valence-corrected chi connectivity index (χ1v) is 2.13. The van der Waals surface area contributed by atoms with E-state index in [9.17, 15) is 0 Å². The van der Waals surface area contributed by atoms with Crippen molar-refractivity contribution in [1.82, 2.24) is 0 Å². The van der Waals surface area contributed by atoms with Crippen molar-refractivity contribution in [2.75, 3.05) is 13.2 Å². The molecule has 0 rings (SSSR count). The summed E-state index contributed by atoms with van der Waals surface area (Å²) < 4.78 is 0. The van der Waals surface area contributed by atoms with E-state index in [1.54, 1.807) is 0 Å². The molecule has 0 unspecified atom stereocenters. The number of hydrogen-bond acceptors (Lipinski definition) is 2. The summed E-state index contributed by atoms with van der Waals surface area (Å²) in [5.74, 6) is 0. The maximum atomic E-state index is 8.09. The predicted octanol–water partition coefficient (Wildman–Crippen LogP) is -2.08. The van der Waals surface area contributed by atoms with Crippen molar-refractivity contribution in [2.24, 2.45) is 0 Å². The molecule has 0 aliphatic carbocycles. The molecule has 0 saturated heterocycles. The molecule has 0 aromatic heterocycles. The summed E-state index contributed by atoms with van der Waals surface area (Å²) in [7, 11) is 0. The zero-order chi connectivity index (χ0) is 4.83. The molecule has 0 fully saturated rings. The van der Waals surface area contributed by atoms with E-state index >= 15 is 0 Å². The van der Waals surface area contributed by atoms with E-state index in [-0.39, 0.29) is 88.7 Å². The van der Waals surface area contributed by atoms with Crippen LogP contribution in [0.4, 0.5) is 0 Å². The van der Waals surface area contributed by atoms with Crippen LogP contribution in [0.3, 0.4) is 0 Å². The van der Waals surface area contributed by atoms with Gasteiger partial charge in [0.25, 0.3) is 0 Å². The number of aliphatic hydroxyl groups is 2. The molecule has 8 heavy (non-hydrogen) atoms. The third kappa shape index (κ3) is 15.8. The van der Waals surface area contributed by atoms with Gasteiger partial charge in [0.15, 0.2) is 0 Å². The van der Waals surface area contributed by atoms with E-state index in [1.165, 1.54) is 0 Å². The first-order chi connectivity index (χ1) is 2.91. The van der Waals surface area contributed by atoms with E-state index in [2.05, 4.69) is 0 Å². The molecule has 2 nitrogen and oxygen atoms in total. The first kappa shape index (κ1) is 16.8. The Morgan fingerprint density at radius 1 is 0.750 bits per heavy atom. The predicted molar refractivity (Wildman–Crippen MR) is 40.5 cm³/mol. The fraction of sp³-hybridized carbons (Fsp3) is 1.00. The van der Waals surface area contributed by atoms with Gasteiger partial charge in [-0.05, 0) is 12.8 Å². The van der Waals surface area contributed by atoms with Crippen molar-refractivity contribution in [3.8, 4) is 0 Å². The number of hydrogen-bond donors (Lipinski definition) is 2. The second-order valence-corrected chi connectivity index (χ2v) is 1.15. The molecule has 0 aliphatic heterocycles. The summed E-state index contributed by atoms with van der Waals surface area (Å²) >= 11 is 0. The molecule has 0 saturated carbocycles. The summed E-state index contributed by atoms with van der Waals surface area (Å²) in [5, 5.41) is 16.2. The van der Waals surface area contributed by atoms with Gasteiger partial charge in [0.05, 0.1) is 0 Å². The Morgan fingerprint density at radius 3 is 1.12 bits per heavy atom. The standard InChI is InChI=1S/C4H10O2.2Ca.4H/c5-3-1-2-4-6;;;;;;/h5-6H,1-4H2;;;;;;. The van der Waals surface area contributed by atoms with Gasteiger partial charge in [-0.25, -0.2) is 0 Å². The van der Waals surface area contributed by atoms with Crippen LogP contribution in [0.5, 0.6) is 0 Å². The maximum absolute atomic E-state index is 8.09. The summed E-state index contributed by atoms with van der Waals surface area (Å²) in [6.07, 6.45) is 1.44. The Balaban J connectivity index is -0.000000125. The third-order valence-corrected chi connectivity index (χ3v) is 0.566. The van der Waals surface area contributed by atoms with Gasteiger partial charge in [-0.3, -0.25) is 0 Å². The van der Waals surface area contributed by atoms with Crippen LogP contribution >= 0.6 is 0 Å². The molecular formula is C4H14Ca2O2. The van der Waals surface area contributed by atoms with Gasteiger partial charge in [0, 0.05) is 13.2 Å². The average Bonchev–Trinajstić information content (AvgIpc) is 1.61. The van der Waals surface area contributed by atoms with Crippen LogP contribution < -0.4 is 0 Å². The Kier molecular flexibility index (Phi) is 34.1. The van der Waals surface area contributed by atoms with Crippen molar-refractivity contribution in [3.05, 3.63) is 0 Å². The monoisotopic (exact) mass is 174 g/mol. The number of aliphatic hydroxyl groups excluding tert-OH is 2. The molecule has 0 bridgehead atoms. The van der Waals surface area contributed by atoms with Gasteiger partial charge in [0.2, 0.25) is 0 Å². The van der Waals surface area contributed by atoms with Crippen LogP contribution in [0.15, 0.2) is 0 Å². The van der Waals surface area contributed by atoms with Gasteiger partial charge < -0.3 is 10.2 Å². The van der Waals surface area contributed by atoms with E-state index in [0.29, 0.717) is 0 Å². The van der Waals surface area contributed by atoms with Crippen molar-refractivity contribution in [2.45, 2.75) is 12.8 Å². The summed E-state index contributed by atoms with van der Waals surface area (Å²) in [5.41, 5.74) is 0. The minimum absolute atomic E-state index is 0. The Morgan fingerprint density at radius 2 is 1.00 bits per heavy atom. The van der Waals surface area contributed by atoms with Crippen molar-refractivity contribution < 1.29 is 10.2 Å². The molecule has 2 N–H and O–H groups in total. The molecule has 0 spiro atoms. The zero-order valence-corrected chi connectivity index (χ0v) is 3.72. The fourth-order valence-electron chi connectivity index (χ4n) is 0.224. The molecule has 0 heterocycles. The SMILES string of the molecule is OCCCCO.[CaH2].[CaH2]. The fourth-order valence-corrected chi connectivity index (χ4v) is 0.224. The van der Waals surface area contributed by atoms with E-state index in [4.69, 9.17) is 10.2 Å². The van der Waals surface area contributed by atoms with E-state index in [0.717, 1.165) is 12.8 Å². The molecule has 0 aromatic carbocycles. The Labute approximate surface area is 110 Å². The van der Waals surface area contributed by atoms with Crippen LogP contribution in [0, 0.1) is 0 Å². The van der Waals surface area contributed by atoms with Crippen molar-refractivity contribution in [3.63, 3.8) is 0 Å². The first-order valence-electron chi connectivity index (χ1n) is 2.13. The molecular weight excluding hydrogens is 160 g/mol. The molecule has 4 heteroatoms. The van der Waals surface area contributed by atoms with Gasteiger partial charge in [0.1, 0.15) is 0 Å². The number of rotatable bonds is 3. The third-order valence-electron chi connectivity index (χ3n) is 0.566. The normalized spacial score (nSPS) is 6.75. The Bertz CT molecular complexity index is 24.0. The van der Waals surface area contributed by atoms with Crippen LogP contribution in [-0.2, 0) is 0 Å². The van der Waals surface area contributed by atoms with Crippen LogP contribution in [0.1, 0.15) is 12.8 Å². The van der Waals surface area contributed by atoms with E-state index < -0.39 is 0 Å². The Hall–Kier alpha value is 2.44. The molecule has 0 aromatic rings. The molecule has 0 radical (unpaired) electrons. The molecule has 0 atom stereocenters. The summed E-state index contributed by atoms with van der Waals surface area (Å²) in [6, 6.07) is 0. The topological polar surface area (TPSA) is 40.5 Å². The number of unbranched alkanes of at least 4 members (excludes halogenated alkanes) is 1.